The van der Waals surface area contributed by atoms with Gasteiger partial charge in [0.05, 0.1) is 31.9 Å². The number of ether oxygens (including phenoxy) is 3. The van der Waals surface area contributed by atoms with E-state index in [1.54, 1.807) is 44.4 Å². The maximum atomic E-state index is 13.1. The monoisotopic (exact) mass is 415 g/mol. The normalized spacial score (nSPS) is 15.3. The Bertz CT molecular complexity index is 985. The number of hydrogen-bond donors (Lipinski definition) is 0. The second-order valence-corrected chi connectivity index (χ2v) is 7.93. The molecule has 1 amide bonds. The number of anilines is 1. The van der Waals surface area contributed by atoms with E-state index < -0.39 is 0 Å². The number of benzene rings is 2. The van der Waals surface area contributed by atoms with Crippen LogP contribution in [-0.4, -0.2) is 31.6 Å². The third-order valence-corrected chi connectivity index (χ3v) is 5.71. The van der Waals surface area contributed by atoms with Crippen molar-refractivity contribution in [2.24, 2.45) is 0 Å². The summed E-state index contributed by atoms with van der Waals surface area (Å²) in [6, 6.07) is 9.45. The Morgan fingerprint density at radius 2 is 1.61 bits per heavy atom. The summed E-state index contributed by atoms with van der Waals surface area (Å²) >= 11 is 6.75. The summed E-state index contributed by atoms with van der Waals surface area (Å²) in [6.07, 6.45) is 1.77. The summed E-state index contributed by atoms with van der Waals surface area (Å²) in [5.41, 5.74) is 3.65. The maximum Gasteiger partial charge on any atom is 0.270 e. The highest BCUT2D eigenvalue weighted by Crippen LogP contribution is 2.40. The molecule has 28 heavy (non-hydrogen) atoms. The molecule has 5 nitrogen and oxygen atoms in total. The van der Waals surface area contributed by atoms with E-state index >= 15 is 0 Å². The molecule has 3 rings (SSSR count). The lowest BCUT2D eigenvalue weighted by Crippen LogP contribution is -2.28. The number of amides is 1. The van der Waals surface area contributed by atoms with Gasteiger partial charge in [-0.05, 0) is 37.6 Å². The van der Waals surface area contributed by atoms with Crippen molar-refractivity contribution in [1.82, 2.24) is 0 Å². The third kappa shape index (κ3) is 3.72. The van der Waals surface area contributed by atoms with E-state index in [4.69, 9.17) is 26.4 Å². The van der Waals surface area contributed by atoms with Gasteiger partial charge in [0.15, 0.2) is 15.8 Å². The van der Waals surface area contributed by atoms with Crippen LogP contribution in [0.4, 0.5) is 5.69 Å². The lowest BCUT2D eigenvalue weighted by molar-refractivity contribution is -0.113. The number of carbonyl (C=O) groups excluding carboxylic acids is 1. The van der Waals surface area contributed by atoms with Crippen molar-refractivity contribution >= 4 is 46.0 Å². The predicted octanol–water partition coefficient (Wildman–Crippen LogP) is 4.74. The van der Waals surface area contributed by atoms with Gasteiger partial charge < -0.3 is 14.2 Å². The number of rotatable bonds is 5. The molecule has 146 valence electrons. The highest BCUT2D eigenvalue weighted by molar-refractivity contribution is 8.27. The van der Waals surface area contributed by atoms with Crippen LogP contribution in [-0.2, 0) is 4.79 Å². The molecule has 0 N–H and O–H groups in total. The second kappa shape index (κ2) is 8.24. The number of aryl methyl sites for hydroxylation is 2. The van der Waals surface area contributed by atoms with Crippen molar-refractivity contribution in [3.8, 4) is 17.2 Å². The van der Waals surface area contributed by atoms with Gasteiger partial charge in [-0.3, -0.25) is 9.69 Å². The van der Waals surface area contributed by atoms with E-state index in [0.717, 1.165) is 16.8 Å². The fraction of sp³-hybridized carbons (Fsp3) is 0.238. The lowest BCUT2D eigenvalue weighted by atomic mass is 10.1. The zero-order chi connectivity index (χ0) is 20.4. The van der Waals surface area contributed by atoms with Crippen molar-refractivity contribution < 1.29 is 19.0 Å². The van der Waals surface area contributed by atoms with E-state index in [0.29, 0.717) is 32.0 Å². The molecule has 7 heteroatoms. The van der Waals surface area contributed by atoms with Crippen LogP contribution >= 0.6 is 24.0 Å². The highest BCUT2D eigenvalue weighted by Gasteiger charge is 2.34. The molecule has 1 aliphatic rings. The van der Waals surface area contributed by atoms with Gasteiger partial charge in [-0.1, -0.05) is 41.7 Å². The number of nitrogens with zero attached hydrogens (tertiary/aromatic N) is 1. The summed E-state index contributed by atoms with van der Waals surface area (Å²) in [6.45, 7) is 3.99. The molecular weight excluding hydrogens is 394 g/mol. The number of carbonyl (C=O) groups is 1. The van der Waals surface area contributed by atoms with Gasteiger partial charge in [0.25, 0.3) is 5.91 Å². The Balaban J connectivity index is 2.02. The van der Waals surface area contributed by atoms with Crippen LogP contribution in [0.3, 0.4) is 0 Å². The summed E-state index contributed by atoms with van der Waals surface area (Å²) in [7, 11) is 4.69. The zero-order valence-electron chi connectivity index (χ0n) is 16.4. The molecular formula is C21H21NO4S2. The van der Waals surface area contributed by atoms with Crippen LogP contribution in [0.2, 0.25) is 0 Å². The summed E-state index contributed by atoms with van der Waals surface area (Å²) in [5, 5.41) is 0. The van der Waals surface area contributed by atoms with Crippen molar-refractivity contribution in [2.75, 3.05) is 26.2 Å². The molecule has 1 fully saturated rings. The Morgan fingerprint density at radius 3 is 2.21 bits per heavy atom. The van der Waals surface area contributed by atoms with E-state index in [1.807, 2.05) is 32.0 Å². The zero-order valence-corrected chi connectivity index (χ0v) is 18.0. The van der Waals surface area contributed by atoms with Crippen LogP contribution in [0, 0.1) is 13.8 Å². The van der Waals surface area contributed by atoms with Gasteiger partial charge in [-0.25, -0.2) is 0 Å². The smallest absolute Gasteiger partial charge is 0.270 e. The molecule has 0 spiro atoms. The fourth-order valence-corrected chi connectivity index (χ4v) is 4.31. The molecule has 0 saturated carbocycles. The number of hydrogen-bond acceptors (Lipinski definition) is 6. The molecule has 0 unspecified atom stereocenters. The molecule has 0 atom stereocenters. The minimum atomic E-state index is -0.154. The molecule has 2 aromatic rings. The average Bonchev–Trinajstić information content (AvgIpc) is 2.95. The van der Waals surface area contributed by atoms with Crippen LogP contribution in [0.1, 0.15) is 16.7 Å². The van der Waals surface area contributed by atoms with Crippen molar-refractivity contribution in [3.05, 3.63) is 51.9 Å². The fourth-order valence-electron chi connectivity index (χ4n) is 3.04. The quantitative estimate of drug-likeness (QED) is 0.520. The van der Waals surface area contributed by atoms with E-state index in [2.05, 4.69) is 0 Å². The van der Waals surface area contributed by atoms with E-state index in [-0.39, 0.29) is 5.91 Å². The summed E-state index contributed by atoms with van der Waals surface area (Å²) in [4.78, 5) is 15.2. The first kappa shape index (κ1) is 20.2. The van der Waals surface area contributed by atoms with Gasteiger partial charge in [-0.2, -0.15) is 0 Å². The topological polar surface area (TPSA) is 48.0 Å². The SMILES string of the molecule is COc1cc(OC)c(OC)cc1C=C1SC(=S)N(c2ccc(C)cc2C)C1=O. The van der Waals surface area contributed by atoms with E-state index in [9.17, 15) is 4.79 Å². The molecule has 2 aromatic carbocycles. The summed E-state index contributed by atoms with van der Waals surface area (Å²) < 4.78 is 16.6. The largest absolute Gasteiger partial charge is 0.496 e. The Kier molecular flexibility index (Phi) is 5.96. The van der Waals surface area contributed by atoms with Gasteiger partial charge in [-0.15, -0.1) is 0 Å². The Morgan fingerprint density at radius 1 is 0.964 bits per heavy atom. The standard InChI is InChI=1S/C21H21NO4S2/c1-12-6-7-15(13(2)8-12)22-20(23)19(28-21(22)27)10-14-9-17(25-4)18(26-5)11-16(14)24-3/h6-11H,1-5H3. The average molecular weight is 416 g/mol. The van der Waals surface area contributed by atoms with Gasteiger partial charge in [0, 0.05) is 11.6 Å². The number of methoxy groups -OCH3 is 3. The molecule has 1 heterocycles. The Labute approximate surface area is 174 Å². The van der Waals surface area contributed by atoms with Gasteiger partial charge in [0.2, 0.25) is 0 Å². The van der Waals surface area contributed by atoms with Crippen LogP contribution in [0.15, 0.2) is 35.2 Å². The molecule has 0 radical (unpaired) electrons. The first-order chi connectivity index (χ1) is 13.4. The number of thioether (sulfide) groups is 1. The second-order valence-electron chi connectivity index (χ2n) is 6.26. The molecule has 1 saturated heterocycles. The van der Waals surface area contributed by atoms with Crippen LogP contribution in [0.5, 0.6) is 17.2 Å². The lowest BCUT2D eigenvalue weighted by Gasteiger charge is -2.17. The van der Waals surface area contributed by atoms with Crippen LogP contribution < -0.4 is 19.1 Å². The van der Waals surface area contributed by atoms with Crippen molar-refractivity contribution in [3.63, 3.8) is 0 Å². The predicted molar refractivity (Wildman–Crippen MR) is 118 cm³/mol. The Hall–Kier alpha value is -2.51. The molecule has 0 bridgehead atoms. The molecule has 0 aliphatic carbocycles. The van der Waals surface area contributed by atoms with E-state index in [1.165, 1.54) is 11.8 Å². The van der Waals surface area contributed by atoms with Gasteiger partial charge in [0.1, 0.15) is 5.75 Å². The van der Waals surface area contributed by atoms with Crippen molar-refractivity contribution in [1.29, 1.82) is 0 Å². The summed E-state index contributed by atoms with van der Waals surface area (Å²) in [5.74, 6) is 1.53. The minimum absolute atomic E-state index is 0.154. The maximum absolute atomic E-state index is 13.1. The van der Waals surface area contributed by atoms with Crippen LogP contribution in [0.25, 0.3) is 6.08 Å². The minimum Gasteiger partial charge on any atom is -0.496 e. The van der Waals surface area contributed by atoms with Gasteiger partial charge >= 0.3 is 0 Å². The number of thiocarbonyl (C=S) groups is 1. The third-order valence-electron chi connectivity index (χ3n) is 4.41. The molecule has 1 aliphatic heterocycles. The first-order valence-corrected chi connectivity index (χ1v) is 9.77. The first-order valence-electron chi connectivity index (χ1n) is 8.54. The molecule has 0 aromatic heterocycles. The highest BCUT2D eigenvalue weighted by atomic mass is 32.2. The van der Waals surface area contributed by atoms with Crippen molar-refractivity contribution in [2.45, 2.75) is 13.8 Å².